The maximum atomic E-state index is 11.4. The molecule has 4 N–H and O–H groups in total. The molecule has 26 heavy (non-hydrogen) atoms. The lowest BCUT2D eigenvalue weighted by Gasteiger charge is -2.33. The summed E-state index contributed by atoms with van der Waals surface area (Å²) in [6, 6.07) is 12.4. The van der Waals surface area contributed by atoms with Gasteiger partial charge in [0.05, 0.1) is 5.52 Å². The SMILES string of the molecule is NC(O)COC(=O)NCCC1CCN(c2ccc3ccccc3n2)CC1. The van der Waals surface area contributed by atoms with Gasteiger partial charge in [0.15, 0.2) is 0 Å². The predicted octanol–water partition coefficient (Wildman–Crippen LogP) is 1.84. The fourth-order valence-electron chi connectivity index (χ4n) is 3.27. The third-order valence-electron chi connectivity index (χ3n) is 4.73. The van der Waals surface area contributed by atoms with Gasteiger partial charge in [-0.1, -0.05) is 18.2 Å². The number of pyridine rings is 1. The molecule has 2 heterocycles. The van der Waals surface area contributed by atoms with Crippen molar-refractivity contribution in [1.29, 1.82) is 0 Å². The summed E-state index contributed by atoms with van der Waals surface area (Å²) in [6.07, 6.45) is 1.40. The number of fused-ring (bicyclic) bond motifs is 1. The molecule has 3 rings (SSSR count). The van der Waals surface area contributed by atoms with Crippen LogP contribution in [0, 0.1) is 5.92 Å². The van der Waals surface area contributed by atoms with Gasteiger partial charge in [-0.25, -0.2) is 9.78 Å². The monoisotopic (exact) mass is 358 g/mol. The summed E-state index contributed by atoms with van der Waals surface area (Å²) in [6.45, 7) is 2.32. The summed E-state index contributed by atoms with van der Waals surface area (Å²) in [5.41, 5.74) is 6.14. The highest BCUT2D eigenvalue weighted by Gasteiger charge is 2.20. The number of alkyl carbamates (subject to hydrolysis) is 1. The smallest absolute Gasteiger partial charge is 0.407 e. The molecule has 2 aromatic rings. The molecule has 0 radical (unpaired) electrons. The van der Waals surface area contributed by atoms with Crippen molar-refractivity contribution in [3.63, 3.8) is 0 Å². The highest BCUT2D eigenvalue weighted by atomic mass is 16.6. The minimum atomic E-state index is -1.13. The second kappa shape index (κ2) is 8.82. The van der Waals surface area contributed by atoms with Gasteiger partial charge in [0.1, 0.15) is 18.7 Å². The van der Waals surface area contributed by atoms with Gasteiger partial charge in [0.2, 0.25) is 0 Å². The van der Waals surface area contributed by atoms with Crippen LogP contribution in [0.25, 0.3) is 10.9 Å². The molecule has 1 unspecified atom stereocenters. The van der Waals surface area contributed by atoms with E-state index in [1.165, 1.54) is 0 Å². The number of piperidine rings is 1. The summed E-state index contributed by atoms with van der Waals surface area (Å²) in [4.78, 5) is 18.5. The first-order valence-corrected chi connectivity index (χ1v) is 9.07. The average molecular weight is 358 g/mol. The second-order valence-electron chi connectivity index (χ2n) is 6.67. The van der Waals surface area contributed by atoms with E-state index in [0.717, 1.165) is 49.1 Å². The van der Waals surface area contributed by atoms with Crippen molar-refractivity contribution in [1.82, 2.24) is 10.3 Å². The molecule has 1 aromatic heterocycles. The van der Waals surface area contributed by atoms with Gasteiger partial charge in [-0.05, 0) is 43.4 Å². The minimum Gasteiger partial charge on any atom is -0.445 e. The van der Waals surface area contributed by atoms with Crippen LogP contribution in [0.2, 0.25) is 0 Å². The van der Waals surface area contributed by atoms with Crippen LogP contribution in [-0.4, -0.2) is 48.7 Å². The number of carbonyl (C=O) groups excluding carboxylic acids is 1. The fraction of sp³-hybridized carbons (Fsp3) is 0.474. The van der Waals surface area contributed by atoms with E-state index < -0.39 is 12.3 Å². The second-order valence-corrected chi connectivity index (χ2v) is 6.67. The quantitative estimate of drug-likeness (QED) is 0.681. The Morgan fingerprint density at radius 3 is 2.85 bits per heavy atom. The van der Waals surface area contributed by atoms with Gasteiger partial charge in [-0.3, -0.25) is 0 Å². The standard InChI is InChI=1S/C19H26N4O3/c20-17(24)13-26-19(25)21-10-7-14-8-11-23(12-9-14)18-6-5-15-3-1-2-4-16(15)22-18/h1-6,14,17,24H,7-13,20H2,(H,21,25). The number of nitrogens with one attached hydrogen (secondary N) is 1. The molecule has 1 aliphatic rings. The molecule has 1 amide bonds. The van der Waals surface area contributed by atoms with E-state index in [2.05, 4.69) is 28.4 Å². The lowest BCUT2D eigenvalue weighted by atomic mass is 9.93. The Balaban J connectivity index is 1.41. The zero-order valence-corrected chi connectivity index (χ0v) is 14.8. The number of aromatic nitrogens is 1. The van der Waals surface area contributed by atoms with Gasteiger partial charge in [-0.15, -0.1) is 0 Å². The third kappa shape index (κ3) is 5.06. The number of hydrogen-bond acceptors (Lipinski definition) is 6. The maximum Gasteiger partial charge on any atom is 0.407 e. The van der Waals surface area contributed by atoms with E-state index in [-0.39, 0.29) is 6.61 Å². The Morgan fingerprint density at radius 2 is 2.08 bits per heavy atom. The van der Waals surface area contributed by atoms with Crippen molar-refractivity contribution >= 4 is 22.8 Å². The van der Waals surface area contributed by atoms with E-state index in [9.17, 15) is 4.79 Å². The highest BCUT2D eigenvalue weighted by Crippen LogP contribution is 2.25. The molecule has 1 saturated heterocycles. The summed E-state index contributed by atoms with van der Waals surface area (Å²) < 4.78 is 4.76. The maximum absolute atomic E-state index is 11.4. The van der Waals surface area contributed by atoms with Crippen molar-refractivity contribution < 1.29 is 14.6 Å². The number of benzene rings is 1. The molecular weight excluding hydrogens is 332 g/mol. The van der Waals surface area contributed by atoms with Crippen LogP contribution in [-0.2, 0) is 4.74 Å². The molecule has 140 valence electrons. The van der Waals surface area contributed by atoms with E-state index in [1.54, 1.807) is 0 Å². The number of aliphatic hydroxyl groups excluding tert-OH is 1. The number of ether oxygens (including phenoxy) is 1. The Labute approximate surface area is 153 Å². The summed E-state index contributed by atoms with van der Waals surface area (Å²) in [7, 11) is 0. The van der Waals surface area contributed by atoms with Crippen LogP contribution >= 0.6 is 0 Å². The lowest BCUT2D eigenvalue weighted by molar-refractivity contribution is 0.0716. The minimum absolute atomic E-state index is 0.191. The normalized spacial score (nSPS) is 16.5. The first-order chi connectivity index (χ1) is 12.6. The van der Waals surface area contributed by atoms with Crippen molar-refractivity contribution in [2.24, 2.45) is 11.7 Å². The number of rotatable bonds is 6. The van der Waals surface area contributed by atoms with Crippen LogP contribution < -0.4 is 16.0 Å². The van der Waals surface area contributed by atoms with Crippen LogP contribution in [0.3, 0.4) is 0 Å². The third-order valence-corrected chi connectivity index (χ3v) is 4.73. The Bertz CT molecular complexity index is 730. The Hall–Kier alpha value is -2.38. The number of aliphatic hydroxyl groups is 1. The van der Waals surface area contributed by atoms with Gasteiger partial charge in [-0.2, -0.15) is 0 Å². The molecule has 7 nitrogen and oxygen atoms in total. The van der Waals surface area contributed by atoms with Crippen LogP contribution in [0.4, 0.5) is 10.6 Å². The molecule has 1 fully saturated rings. The predicted molar refractivity (Wildman–Crippen MR) is 101 cm³/mol. The highest BCUT2D eigenvalue weighted by molar-refractivity contribution is 5.80. The van der Waals surface area contributed by atoms with E-state index >= 15 is 0 Å². The molecule has 7 heteroatoms. The topological polar surface area (TPSA) is 101 Å². The first-order valence-electron chi connectivity index (χ1n) is 9.07. The molecular formula is C19H26N4O3. The van der Waals surface area contributed by atoms with E-state index in [1.807, 2.05) is 18.2 Å². The summed E-state index contributed by atoms with van der Waals surface area (Å²) in [5, 5.41) is 12.7. The Morgan fingerprint density at radius 1 is 1.31 bits per heavy atom. The van der Waals surface area contributed by atoms with Gasteiger partial charge in [0.25, 0.3) is 0 Å². The Kier molecular flexibility index (Phi) is 6.25. The summed E-state index contributed by atoms with van der Waals surface area (Å²) >= 11 is 0. The molecule has 1 atom stereocenters. The van der Waals surface area contributed by atoms with Crippen molar-refractivity contribution in [2.75, 3.05) is 31.1 Å². The number of para-hydroxylation sites is 1. The number of amides is 1. The lowest BCUT2D eigenvalue weighted by Crippen LogP contribution is -2.36. The van der Waals surface area contributed by atoms with Gasteiger partial charge >= 0.3 is 6.09 Å². The molecule has 0 aliphatic carbocycles. The number of nitrogens with two attached hydrogens (primary N) is 1. The average Bonchev–Trinajstić information content (AvgIpc) is 2.66. The van der Waals surface area contributed by atoms with Crippen molar-refractivity contribution in [3.05, 3.63) is 36.4 Å². The summed E-state index contributed by atoms with van der Waals surface area (Å²) in [5.74, 6) is 1.61. The molecule has 0 spiro atoms. The number of carbonyl (C=O) groups is 1. The van der Waals surface area contributed by atoms with Crippen molar-refractivity contribution in [2.45, 2.75) is 25.5 Å². The van der Waals surface area contributed by atoms with E-state index in [0.29, 0.717) is 12.5 Å². The zero-order chi connectivity index (χ0) is 18.4. The van der Waals surface area contributed by atoms with Crippen LogP contribution in [0.15, 0.2) is 36.4 Å². The first kappa shape index (κ1) is 18.4. The molecule has 0 saturated carbocycles. The van der Waals surface area contributed by atoms with Crippen LogP contribution in [0.1, 0.15) is 19.3 Å². The fourth-order valence-corrected chi connectivity index (χ4v) is 3.27. The van der Waals surface area contributed by atoms with Crippen LogP contribution in [0.5, 0.6) is 0 Å². The number of anilines is 1. The number of nitrogens with zero attached hydrogens (tertiary/aromatic N) is 2. The molecule has 0 bridgehead atoms. The number of hydrogen-bond donors (Lipinski definition) is 3. The molecule has 1 aromatic carbocycles. The van der Waals surface area contributed by atoms with Gasteiger partial charge < -0.3 is 25.8 Å². The molecule has 1 aliphatic heterocycles. The van der Waals surface area contributed by atoms with Gasteiger partial charge in [0, 0.05) is 25.0 Å². The van der Waals surface area contributed by atoms with Crippen molar-refractivity contribution in [3.8, 4) is 0 Å². The van der Waals surface area contributed by atoms with E-state index in [4.69, 9.17) is 20.6 Å². The zero-order valence-electron chi connectivity index (χ0n) is 14.8. The largest absolute Gasteiger partial charge is 0.445 e.